The summed E-state index contributed by atoms with van der Waals surface area (Å²) >= 11 is 3.39. The normalized spacial score (nSPS) is 10.4. The number of nitrogens with zero attached hydrogens (tertiary/aromatic N) is 1. The lowest BCUT2D eigenvalue weighted by Gasteiger charge is -2.10. The average Bonchev–Trinajstić information content (AvgIpc) is 2.69. The minimum Gasteiger partial charge on any atom is -0.495 e. The summed E-state index contributed by atoms with van der Waals surface area (Å²) in [6, 6.07) is 10.4. The largest absolute Gasteiger partial charge is 0.495 e. The van der Waals surface area contributed by atoms with Crippen molar-refractivity contribution in [3.8, 4) is 17.2 Å². The molecule has 2 amide bonds. The Morgan fingerprint density at radius 3 is 2.32 bits per heavy atom. The number of carbonyl (C=O) groups is 2. The molecule has 9 heteroatoms. The molecule has 0 aliphatic carbocycles. The van der Waals surface area contributed by atoms with Crippen molar-refractivity contribution in [2.75, 3.05) is 26.6 Å². The summed E-state index contributed by atoms with van der Waals surface area (Å²) < 4.78 is 16.3. The van der Waals surface area contributed by atoms with Crippen LogP contribution in [0, 0.1) is 0 Å². The average molecular weight is 450 g/mol. The Balaban J connectivity index is 1.94. The first-order valence-corrected chi connectivity index (χ1v) is 8.94. The van der Waals surface area contributed by atoms with Gasteiger partial charge in [-0.2, -0.15) is 5.10 Å². The van der Waals surface area contributed by atoms with Crippen molar-refractivity contribution in [2.24, 2.45) is 5.10 Å². The van der Waals surface area contributed by atoms with Crippen LogP contribution in [0.1, 0.15) is 12.0 Å². The molecule has 0 bridgehead atoms. The summed E-state index contributed by atoms with van der Waals surface area (Å²) in [6.45, 7) is 0. The Morgan fingerprint density at radius 1 is 1.00 bits per heavy atom. The maximum atomic E-state index is 12.0. The van der Waals surface area contributed by atoms with E-state index >= 15 is 0 Å². The van der Waals surface area contributed by atoms with Crippen LogP contribution in [0.4, 0.5) is 5.69 Å². The van der Waals surface area contributed by atoms with E-state index in [0.717, 1.165) is 0 Å². The number of hydrogen-bond donors (Lipinski definition) is 2. The predicted molar refractivity (Wildman–Crippen MR) is 109 cm³/mol. The lowest BCUT2D eigenvalue weighted by Crippen LogP contribution is -2.24. The first-order chi connectivity index (χ1) is 13.5. The zero-order chi connectivity index (χ0) is 20.5. The van der Waals surface area contributed by atoms with Gasteiger partial charge in [0.1, 0.15) is 12.2 Å². The van der Waals surface area contributed by atoms with Gasteiger partial charge < -0.3 is 19.5 Å². The summed E-state index contributed by atoms with van der Waals surface area (Å²) in [5.41, 5.74) is 3.47. The number of anilines is 1. The van der Waals surface area contributed by atoms with Crippen molar-refractivity contribution < 1.29 is 23.8 Å². The third-order valence-electron chi connectivity index (χ3n) is 3.60. The molecule has 0 atom stereocenters. The van der Waals surface area contributed by atoms with E-state index in [1.54, 1.807) is 36.4 Å². The van der Waals surface area contributed by atoms with Gasteiger partial charge in [0.2, 0.25) is 11.8 Å². The summed E-state index contributed by atoms with van der Waals surface area (Å²) in [6.07, 6.45) is 1.05. The van der Waals surface area contributed by atoms with E-state index in [4.69, 9.17) is 14.2 Å². The Hall–Kier alpha value is -3.07. The lowest BCUT2D eigenvalue weighted by atomic mass is 10.2. The monoisotopic (exact) mass is 449 g/mol. The molecular weight excluding hydrogens is 430 g/mol. The molecule has 0 spiro atoms. The number of hydrazone groups is 1. The molecule has 2 N–H and O–H groups in total. The number of methoxy groups -OCH3 is 3. The quantitative estimate of drug-likeness (QED) is 0.366. The number of ether oxygens (including phenoxy) is 3. The molecule has 0 aliphatic rings. The second-order valence-electron chi connectivity index (χ2n) is 5.45. The van der Waals surface area contributed by atoms with Crippen molar-refractivity contribution in [1.29, 1.82) is 0 Å². The summed E-state index contributed by atoms with van der Waals surface area (Å²) in [5.74, 6) is 0.551. The van der Waals surface area contributed by atoms with Gasteiger partial charge in [-0.15, -0.1) is 0 Å². The number of amides is 2. The maximum Gasteiger partial charge on any atom is 0.249 e. The molecule has 0 unspecified atom stereocenters. The predicted octanol–water partition coefficient (Wildman–Crippen LogP) is 2.95. The van der Waals surface area contributed by atoms with Crippen molar-refractivity contribution in [2.45, 2.75) is 6.42 Å². The van der Waals surface area contributed by atoms with Crippen LogP contribution in [0.2, 0.25) is 0 Å². The van der Waals surface area contributed by atoms with E-state index in [1.165, 1.54) is 27.5 Å². The minimum absolute atomic E-state index is 0.386. The van der Waals surface area contributed by atoms with Gasteiger partial charge in [-0.3, -0.25) is 9.59 Å². The van der Waals surface area contributed by atoms with Gasteiger partial charge in [0.15, 0.2) is 11.5 Å². The molecule has 0 aromatic heterocycles. The van der Waals surface area contributed by atoms with Crippen LogP contribution < -0.4 is 25.0 Å². The van der Waals surface area contributed by atoms with Crippen LogP contribution in [0.25, 0.3) is 0 Å². The van der Waals surface area contributed by atoms with E-state index in [0.29, 0.717) is 33.0 Å². The van der Waals surface area contributed by atoms with Gasteiger partial charge in [-0.25, -0.2) is 5.43 Å². The van der Waals surface area contributed by atoms with E-state index in [1.807, 2.05) is 0 Å². The summed E-state index contributed by atoms with van der Waals surface area (Å²) in [7, 11) is 4.56. The fourth-order valence-corrected chi connectivity index (χ4v) is 2.70. The van der Waals surface area contributed by atoms with E-state index in [2.05, 4.69) is 31.8 Å². The van der Waals surface area contributed by atoms with E-state index < -0.39 is 11.8 Å². The van der Waals surface area contributed by atoms with Gasteiger partial charge in [-0.1, -0.05) is 12.1 Å². The van der Waals surface area contributed by atoms with Gasteiger partial charge >= 0.3 is 0 Å². The van der Waals surface area contributed by atoms with Crippen molar-refractivity contribution in [3.05, 3.63) is 46.4 Å². The Labute approximate surface area is 171 Å². The molecule has 0 fully saturated rings. The molecule has 2 aromatic rings. The Kier molecular flexibility index (Phi) is 7.82. The number of benzene rings is 2. The highest BCUT2D eigenvalue weighted by Gasteiger charge is 2.12. The van der Waals surface area contributed by atoms with Gasteiger partial charge in [-0.05, 0) is 40.2 Å². The first-order valence-electron chi connectivity index (χ1n) is 8.14. The number of rotatable bonds is 8. The maximum absolute atomic E-state index is 12.0. The molecule has 0 radical (unpaired) electrons. The molecule has 148 valence electrons. The molecule has 8 nitrogen and oxygen atoms in total. The molecule has 2 rings (SSSR count). The number of para-hydroxylation sites is 2. The van der Waals surface area contributed by atoms with Gasteiger partial charge in [0.25, 0.3) is 0 Å². The number of hydrogen-bond acceptors (Lipinski definition) is 6. The highest BCUT2D eigenvalue weighted by atomic mass is 79.9. The standard InChI is InChI=1S/C19H20BrN3O5/c1-26-15-7-5-4-6-14(15)22-18(24)10-19(25)23-21-11-12-8-16(27-2)17(28-3)9-13(12)20/h4-9,11H,10H2,1-3H3,(H,22,24)(H,23,25). The number of halogens is 1. The number of carbonyl (C=O) groups excluding carboxylic acids is 2. The van der Waals surface area contributed by atoms with Crippen LogP contribution in [-0.4, -0.2) is 39.4 Å². The highest BCUT2D eigenvalue weighted by molar-refractivity contribution is 9.10. The second kappa shape index (κ2) is 10.3. The first kappa shape index (κ1) is 21.2. The third-order valence-corrected chi connectivity index (χ3v) is 4.28. The molecular formula is C19H20BrN3O5. The van der Waals surface area contributed by atoms with Crippen LogP contribution in [-0.2, 0) is 9.59 Å². The highest BCUT2D eigenvalue weighted by Crippen LogP contribution is 2.32. The van der Waals surface area contributed by atoms with Crippen LogP contribution in [0.5, 0.6) is 17.2 Å². The Morgan fingerprint density at radius 2 is 1.64 bits per heavy atom. The molecule has 0 saturated carbocycles. The molecule has 0 saturated heterocycles. The molecule has 2 aromatic carbocycles. The summed E-state index contributed by atoms with van der Waals surface area (Å²) in [4.78, 5) is 23.9. The third kappa shape index (κ3) is 5.71. The second-order valence-corrected chi connectivity index (χ2v) is 6.30. The van der Waals surface area contributed by atoms with Gasteiger partial charge in [0.05, 0.1) is 33.2 Å². The van der Waals surface area contributed by atoms with Crippen molar-refractivity contribution in [1.82, 2.24) is 5.43 Å². The van der Waals surface area contributed by atoms with Crippen LogP contribution >= 0.6 is 15.9 Å². The lowest BCUT2D eigenvalue weighted by molar-refractivity contribution is -0.126. The van der Waals surface area contributed by atoms with Crippen LogP contribution in [0.15, 0.2) is 46.0 Å². The minimum atomic E-state index is -0.555. The van der Waals surface area contributed by atoms with Crippen LogP contribution in [0.3, 0.4) is 0 Å². The fourth-order valence-electron chi connectivity index (χ4n) is 2.27. The van der Waals surface area contributed by atoms with E-state index in [-0.39, 0.29) is 6.42 Å². The molecule has 28 heavy (non-hydrogen) atoms. The smallest absolute Gasteiger partial charge is 0.249 e. The van der Waals surface area contributed by atoms with Crippen molar-refractivity contribution >= 4 is 39.6 Å². The zero-order valence-corrected chi connectivity index (χ0v) is 17.2. The number of nitrogens with one attached hydrogen (secondary N) is 2. The summed E-state index contributed by atoms with van der Waals surface area (Å²) in [5, 5.41) is 6.49. The van der Waals surface area contributed by atoms with E-state index in [9.17, 15) is 9.59 Å². The zero-order valence-electron chi connectivity index (χ0n) is 15.6. The molecule has 0 heterocycles. The topological polar surface area (TPSA) is 98.2 Å². The SMILES string of the molecule is COc1ccccc1NC(=O)CC(=O)NN=Cc1cc(OC)c(OC)cc1Br. The van der Waals surface area contributed by atoms with Gasteiger partial charge in [0, 0.05) is 10.0 Å². The fraction of sp³-hybridized carbons (Fsp3) is 0.211. The Bertz CT molecular complexity index is 886. The van der Waals surface area contributed by atoms with Crippen molar-refractivity contribution in [3.63, 3.8) is 0 Å². The molecule has 0 aliphatic heterocycles.